The Morgan fingerprint density at radius 3 is 2.32 bits per heavy atom. The summed E-state index contributed by atoms with van der Waals surface area (Å²) in [7, 11) is 0. The van der Waals surface area contributed by atoms with Crippen LogP contribution in [-0.4, -0.2) is 16.8 Å². The average Bonchev–Trinajstić information content (AvgIpc) is 2.48. The summed E-state index contributed by atoms with van der Waals surface area (Å²) in [4.78, 5) is 27.1. The second kappa shape index (κ2) is 6.92. The van der Waals surface area contributed by atoms with Crippen molar-refractivity contribution >= 4 is 34.2 Å². The second-order valence-corrected chi connectivity index (χ2v) is 4.26. The number of anilines is 2. The number of hydrogen-bond acceptors (Lipinski definition) is 3. The van der Waals surface area contributed by atoms with Crippen LogP contribution in [0.5, 0.6) is 0 Å². The minimum Gasteiger partial charge on any atom is -0.315 e. The molecular weight excluding hydrogens is 278 g/mol. The molecule has 5 nitrogen and oxygen atoms in total. The number of fused-ring (bicyclic) bond motifs is 1. The maximum absolute atomic E-state index is 11.4. The molecule has 1 aromatic heterocycles. The van der Waals surface area contributed by atoms with Crippen LogP contribution >= 0.6 is 0 Å². The molecule has 1 heterocycles. The van der Waals surface area contributed by atoms with Crippen LogP contribution in [0.2, 0.25) is 0 Å². The molecule has 0 unspecified atom stereocenters. The smallest absolute Gasteiger partial charge is 0.301 e. The first-order valence-corrected chi connectivity index (χ1v) is 6.50. The summed E-state index contributed by atoms with van der Waals surface area (Å²) in [6, 6.07) is 8.75. The first-order chi connectivity index (χ1) is 10.6. The highest BCUT2D eigenvalue weighted by Gasteiger charge is 2.04. The maximum Gasteiger partial charge on any atom is 0.301 e. The first-order valence-electron chi connectivity index (χ1n) is 6.50. The Kier molecular flexibility index (Phi) is 4.74. The van der Waals surface area contributed by atoms with Gasteiger partial charge < -0.3 is 5.32 Å². The predicted octanol–water partition coefficient (Wildman–Crippen LogP) is 2.16. The number of nitrogens with zero attached hydrogens (tertiary/aromatic N) is 1. The van der Waals surface area contributed by atoms with Crippen molar-refractivity contribution in [1.82, 2.24) is 4.98 Å². The van der Waals surface area contributed by atoms with E-state index < -0.39 is 5.91 Å². The zero-order chi connectivity index (χ0) is 15.9. The Hall–Kier alpha value is -3.31. The maximum atomic E-state index is 11.4. The number of amides is 2. The number of carbonyl (C=O) groups is 2. The average molecular weight is 291 g/mol. The van der Waals surface area contributed by atoms with Gasteiger partial charge in [-0.05, 0) is 56.0 Å². The van der Waals surface area contributed by atoms with Crippen LogP contribution in [0.15, 0.2) is 30.3 Å². The molecule has 2 rings (SSSR count). The van der Waals surface area contributed by atoms with Crippen molar-refractivity contribution in [2.75, 3.05) is 10.6 Å². The number of pyridine rings is 1. The van der Waals surface area contributed by atoms with Gasteiger partial charge in [-0.25, -0.2) is 4.98 Å². The fourth-order valence-electron chi connectivity index (χ4n) is 1.81. The van der Waals surface area contributed by atoms with Gasteiger partial charge in [-0.2, -0.15) is 0 Å². The van der Waals surface area contributed by atoms with E-state index in [9.17, 15) is 9.59 Å². The first kappa shape index (κ1) is 15.1. The van der Waals surface area contributed by atoms with E-state index in [0.717, 1.165) is 5.39 Å². The minimum absolute atomic E-state index is 0.364. The van der Waals surface area contributed by atoms with Crippen molar-refractivity contribution in [3.05, 3.63) is 30.3 Å². The highest BCUT2D eigenvalue weighted by atomic mass is 16.2. The lowest BCUT2D eigenvalue weighted by Crippen LogP contribution is -2.10. The second-order valence-electron chi connectivity index (χ2n) is 4.26. The molecule has 0 saturated carbocycles. The van der Waals surface area contributed by atoms with Gasteiger partial charge in [0, 0.05) is 11.1 Å². The SMILES string of the molecule is CC#CC(=O)Nc1ccc2nc(NC(=O)C#CC)ccc2c1. The van der Waals surface area contributed by atoms with Crippen molar-refractivity contribution in [3.63, 3.8) is 0 Å². The predicted molar refractivity (Wildman–Crippen MR) is 85.9 cm³/mol. The molecule has 0 bridgehead atoms. The molecular formula is C17H13N3O2. The summed E-state index contributed by atoms with van der Waals surface area (Å²) >= 11 is 0. The Labute approximate surface area is 128 Å². The molecule has 0 aliphatic rings. The normalized spacial score (nSPS) is 9.00. The summed E-state index contributed by atoms with van der Waals surface area (Å²) in [5.41, 5.74) is 1.33. The lowest BCUT2D eigenvalue weighted by Gasteiger charge is -2.05. The Morgan fingerprint density at radius 1 is 0.955 bits per heavy atom. The van der Waals surface area contributed by atoms with Crippen LogP contribution < -0.4 is 10.6 Å². The Balaban J connectivity index is 2.24. The van der Waals surface area contributed by atoms with Gasteiger partial charge >= 0.3 is 5.91 Å². The molecule has 22 heavy (non-hydrogen) atoms. The number of nitrogens with one attached hydrogen (secondary N) is 2. The zero-order valence-electron chi connectivity index (χ0n) is 12.2. The largest absolute Gasteiger partial charge is 0.315 e. The molecule has 0 fully saturated rings. The van der Waals surface area contributed by atoms with Crippen LogP contribution in [0.25, 0.3) is 10.9 Å². The molecule has 1 aromatic carbocycles. The number of rotatable bonds is 2. The third-order valence-electron chi connectivity index (χ3n) is 2.67. The molecule has 0 atom stereocenters. The Bertz CT molecular complexity index is 791. The van der Waals surface area contributed by atoms with Gasteiger partial charge in [-0.15, -0.1) is 0 Å². The number of benzene rings is 1. The molecule has 2 aromatic rings. The standard InChI is InChI=1S/C17H13N3O2/c1-3-5-16(21)18-13-8-9-14-12(11-13)7-10-15(19-14)20-17(22)6-4-2/h7-11H,1-2H3,(H,18,21)(H,19,20,22). The third kappa shape index (κ3) is 3.84. The van der Waals surface area contributed by atoms with E-state index >= 15 is 0 Å². The van der Waals surface area contributed by atoms with E-state index in [4.69, 9.17) is 0 Å². The molecule has 2 N–H and O–H groups in total. The molecule has 0 aliphatic heterocycles. The van der Waals surface area contributed by atoms with Gasteiger partial charge in [-0.3, -0.25) is 14.9 Å². The van der Waals surface area contributed by atoms with Gasteiger partial charge in [0.15, 0.2) is 0 Å². The summed E-state index contributed by atoms with van der Waals surface area (Å²) in [6.07, 6.45) is 0. The van der Waals surface area contributed by atoms with Crippen LogP contribution in [0.1, 0.15) is 13.8 Å². The van der Waals surface area contributed by atoms with Crippen LogP contribution in [0, 0.1) is 23.7 Å². The van der Waals surface area contributed by atoms with Crippen molar-refractivity contribution in [3.8, 4) is 23.7 Å². The lowest BCUT2D eigenvalue weighted by molar-refractivity contribution is -0.112. The molecule has 0 saturated heterocycles. The number of carbonyl (C=O) groups excluding carboxylic acids is 2. The lowest BCUT2D eigenvalue weighted by atomic mass is 10.2. The van der Waals surface area contributed by atoms with E-state index in [-0.39, 0.29) is 5.91 Å². The summed E-state index contributed by atoms with van der Waals surface area (Å²) < 4.78 is 0. The molecule has 0 spiro atoms. The van der Waals surface area contributed by atoms with E-state index in [1.54, 1.807) is 44.2 Å². The monoisotopic (exact) mass is 291 g/mol. The van der Waals surface area contributed by atoms with Gasteiger partial charge in [0.2, 0.25) is 0 Å². The zero-order valence-corrected chi connectivity index (χ0v) is 12.2. The van der Waals surface area contributed by atoms with Crippen molar-refractivity contribution in [1.29, 1.82) is 0 Å². The molecule has 0 radical (unpaired) electrons. The van der Waals surface area contributed by atoms with Gasteiger partial charge in [0.05, 0.1) is 5.52 Å². The van der Waals surface area contributed by atoms with Gasteiger partial charge in [-0.1, -0.05) is 11.8 Å². The van der Waals surface area contributed by atoms with E-state index in [1.165, 1.54) is 0 Å². The summed E-state index contributed by atoms with van der Waals surface area (Å²) in [6.45, 7) is 3.19. The molecule has 108 valence electrons. The number of hydrogen-bond donors (Lipinski definition) is 2. The third-order valence-corrected chi connectivity index (χ3v) is 2.67. The highest BCUT2D eigenvalue weighted by molar-refractivity contribution is 6.05. The molecule has 5 heteroatoms. The van der Waals surface area contributed by atoms with Crippen LogP contribution in [0.4, 0.5) is 11.5 Å². The van der Waals surface area contributed by atoms with Crippen LogP contribution in [-0.2, 0) is 9.59 Å². The van der Waals surface area contributed by atoms with E-state index in [1.807, 2.05) is 0 Å². The quantitative estimate of drug-likeness (QED) is 0.833. The Morgan fingerprint density at radius 2 is 1.64 bits per heavy atom. The topological polar surface area (TPSA) is 71.1 Å². The summed E-state index contributed by atoms with van der Waals surface area (Å²) in [5, 5.41) is 6.09. The summed E-state index contributed by atoms with van der Waals surface area (Å²) in [5.74, 6) is 9.50. The highest BCUT2D eigenvalue weighted by Crippen LogP contribution is 2.19. The van der Waals surface area contributed by atoms with Crippen LogP contribution in [0.3, 0.4) is 0 Å². The van der Waals surface area contributed by atoms with Crippen molar-refractivity contribution < 1.29 is 9.59 Å². The van der Waals surface area contributed by atoms with Crippen molar-refractivity contribution in [2.24, 2.45) is 0 Å². The molecule has 2 amide bonds. The van der Waals surface area contributed by atoms with Gasteiger partial charge in [0.25, 0.3) is 5.91 Å². The fourth-order valence-corrected chi connectivity index (χ4v) is 1.81. The van der Waals surface area contributed by atoms with Crippen molar-refractivity contribution in [2.45, 2.75) is 13.8 Å². The van der Waals surface area contributed by atoms with E-state index in [0.29, 0.717) is 17.0 Å². The van der Waals surface area contributed by atoms with Gasteiger partial charge in [0.1, 0.15) is 5.82 Å². The molecule has 0 aliphatic carbocycles. The fraction of sp³-hybridized carbons (Fsp3) is 0.118. The van der Waals surface area contributed by atoms with E-state index in [2.05, 4.69) is 39.3 Å². The minimum atomic E-state index is -0.406. The number of aromatic nitrogens is 1.